The molecule has 0 heteroatoms. The fourth-order valence-corrected chi connectivity index (χ4v) is 22.6. The van der Waals surface area contributed by atoms with Gasteiger partial charge in [0.1, 0.15) is 0 Å². The Morgan fingerprint density at radius 1 is 0.157 bits per heavy atom. The maximum Gasteiger partial charge on any atom is 0.0725 e. The molecule has 0 bridgehead atoms. The lowest BCUT2D eigenvalue weighted by molar-refractivity contribution is 0.550. The summed E-state index contributed by atoms with van der Waals surface area (Å²) in [6, 6.07) is 159. The Morgan fingerprint density at radius 3 is 0.582 bits per heavy atom. The quantitative estimate of drug-likeness (QED) is 0.105. The van der Waals surface area contributed by atoms with E-state index in [1.54, 1.807) is 11.1 Å². The highest BCUT2D eigenvalue weighted by atomic mass is 14.5. The molecule has 0 atom stereocenters. The van der Waals surface area contributed by atoms with Crippen LogP contribution in [0, 0.1) is 0 Å². The molecule has 0 aromatic heterocycles. The standard InChI is InChI=1S/C30H18.C25H16.C22H14.C17H16.C15H14.C13H10.6C2H6/c1-5-13-23-19(9-1)20-10-2-6-14-24(20)28-18-30-26-16-8-4-12-22(26)21-11-3-7-15-25(21)29(30)17-27(23)28;1-5-13-21-17(9-1)18-10-2-6-14-22(18)25(21)23-15-7-3-11-19(23)20-12-4-8-16-24(20)25;1-2-8-16-14-22-20-12-6-4-10-18(20)17-9-3-5-11-19(17)21(22)13-15(16)7-1;1-3-9-15-13(7-1)14-8-2-4-10-16(14)17(15)11-5-6-12-17;1-15(2)13-9-5-3-7-11(13)12-8-4-6-10-14(12)15;1-3-7-12-10(5-1)9-11-6-2-4-8-13(11)12;6*1-2/h1-18H;1-16H;1-14H;1-4,7-10H,5-6,11-12H2;3-10H,1-2H3;1-8H,9H2;6*1-2H3. The Hall–Kier alpha value is -14.6. The van der Waals surface area contributed by atoms with E-state index >= 15 is 0 Å². The Bertz CT molecular complexity index is 7290. The van der Waals surface area contributed by atoms with Crippen LogP contribution < -0.4 is 0 Å². The molecule has 0 heterocycles. The van der Waals surface area contributed by atoms with E-state index in [1.165, 1.54) is 234 Å². The summed E-state index contributed by atoms with van der Waals surface area (Å²) in [6.07, 6.45) is 6.53. The van der Waals surface area contributed by atoms with Crippen molar-refractivity contribution in [3.05, 3.63) is 492 Å². The second kappa shape index (κ2) is 40.7. The molecule has 6 aliphatic carbocycles. The molecule has 1 fully saturated rings. The van der Waals surface area contributed by atoms with E-state index in [2.05, 4.69) is 451 Å². The molecular formula is C134H124. The minimum atomic E-state index is -0.180. The lowest BCUT2D eigenvalue weighted by Crippen LogP contribution is -2.25. The fraction of sp³-hybridized carbons (Fsp3) is 0.164. The molecule has 28 rings (SSSR count). The fourth-order valence-electron chi connectivity index (χ4n) is 22.6. The molecule has 22 aromatic carbocycles. The third-order valence-electron chi connectivity index (χ3n) is 28.0. The largest absolute Gasteiger partial charge is 0.0725 e. The van der Waals surface area contributed by atoms with Gasteiger partial charge in [-0.25, -0.2) is 0 Å². The summed E-state index contributed by atoms with van der Waals surface area (Å²) in [6.45, 7) is 28.6. The first-order chi connectivity index (χ1) is 66.3. The molecule has 0 unspecified atom stereocenters. The van der Waals surface area contributed by atoms with Crippen LogP contribution >= 0.6 is 0 Å². The van der Waals surface area contributed by atoms with Gasteiger partial charge >= 0.3 is 0 Å². The van der Waals surface area contributed by atoms with Gasteiger partial charge in [-0.15, -0.1) is 0 Å². The molecule has 0 N–H and O–H groups in total. The zero-order valence-corrected chi connectivity index (χ0v) is 80.6. The van der Waals surface area contributed by atoms with Crippen LogP contribution in [0.15, 0.2) is 437 Å². The highest BCUT2D eigenvalue weighted by Gasteiger charge is 2.51. The van der Waals surface area contributed by atoms with Crippen molar-refractivity contribution in [2.45, 2.75) is 145 Å². The lowest BCUT2D eigenvalue weighted by Gasteiger charge is -2.30. The van der Waals surface area contributed by atoms with Gasteiger partial charge in [0.2, 0.25) is 0 Å². The van der Waals surface area contributed by atoms with Crippen molar-refractivity contribution in [3.63, 3.8) is 0 Å². The highest BCUT2D eigenvalue weighted by molar-refractivity contribution is 6.33. The number of fused-ring (bicyclic) bond motifs is 40. The molecule has 1 saturated carbocycles. The summed E-state index contributed by atoms with van der Waals surface area (Å²) >= 11 is 0. The van der Waals surface area contributed by atoms with E-state index in [4.69, 9.17) is 0 Å². The van der Waals surface area contributed by atoms with Crippen molar-refractivity contribution in [1.29, 1.82) is 0 Å². The van der Waals surface area contributed by atoms with Crippen molar-refractivity contribution in [2.24, 2.45) is 0 Å². The smallest absolute Gasteiger partial charge is 0.0683 e. The molecular weight excluding hydrogens is 1610 g/mol. The maximum absolute atomic E-state index is 2.42. The van der Waals surface area contributed by atoms with Gasteiger partial charge in [0, 0.05) is 10.8 Å². The van der Waals surface area contributed by atoms with E-state index in [0.717, 1.165) is 6.42 Å². The van der Waals surface area contributed by atoms with Crippen LogP contribution in [0.5, 0.6) is 0 Å². The normalized spacial score (nSPS) is 13.0. The second-order valence-electron chi connectivity index (χ2n) is 34.5. The van der Waals surface area contributed by atoms with Crippen LogP contribution in [0.4, 0.5) is 0 Å². The Balaban J connectivity index is 0.000000111. The minimum Gasteiger partial charge on any atom is -0.0683 e. The van der Waals surface area contributed by atoms with Gasteiger partial charge < -0.3 is 0 Å². The first-order valence-electron chi connectivity index (χ1n) is 49.5. The van der Waals surface area contributed by atoms with Gasteiger partial charge in [0.05, 0.1) is 5.41 Å². The van der Waals surface area contributed by atoms with Gasteiger partial charge in [0.15, 0.2) is 0 Å². The Labute approximate surface area is 795 Å². The SMILES string of the molecule is CC.CC.CC.CC.CC.CC.CC1(C)c2ccccc2-c2ccccc21.c1ccc2c(c1)-c1ccccc1C21CCCC1.c1ccc2c(c1)-c1ccccc1C21c2ccccc2-c2ccccc21.c1ccc2c(c1)Cc1ccccc1-2.c1ccc2c(c1)c1ccccc1c1cc3c4ccccc4c4ccccc4c3cc21.c1ccc2cc3c4ccccc4c4ccccc4c3cc2c1. The molecule has 0 saturated heterocycles. The van der Waals surface area contributed by atoms with Gasteiger partial charge in [-0.1, -0.05) is 522 Å². The Kier molecular flexibility index (Phi) is 27.7. The molecule has 0 nitrogen and oxygen atoms in total. The molecule has 0 amide bonds. The van der Waals surface area contributed by atoms with Crippen LogP contribution in [0.25, 0.3) is 163 Å². The van der Waals surface area contributed by atoms with Crippen molar-refractivity contribution < 1.29 is 0 Å². The summed E-state index contributed by atoms with van der Waals surface area (Å²) in [4.78, 5) is 0. The Morgan fingerprint density at radius 2 is 0.328 bits per heavy atom. The number of hydrogen-bond donors (Lipinski definition) is 0. The molecule has 660 valence electrons. The summed E-state index contributed by atoms with van der Waals surface area (Å²) in [5.41, 5.74) is 29.0. The van der Waals surface area contributed by atoms with Crippen LogP contribution in [0.1, 0.15) is 178 Å². The summed E-state index contributed by atoms with van der Waals surface area (Å²) in [7, 11) is 0. The summed E-state index contributed by atoms with van der Waals surface area (Å²) < 4.78 is 0. The predicted molar refractivity (Wildman–Crippen MR) is 589 cm³/mol. The minimum absolute atomic E-state index is 0.160. The van der Waals surface area contributed by atoms with E-state index in [9.17, 15) is 0 Å². The third kappa shape index (κ3) is 15.8. The molecule has 0 radical (unpaired) electrons. The summed E-state index contributed by atoms with van der Waals surface area (Å²) in [5, 5.41) is 26.5. The number of benzene rings is 22. The molecule has 22 aromatic rings. The van der Waals surface area contributed by atoms with Crippen molar-refractivity contribution in [2.75, 3.05) is 0 Å². The van der Waals surface area contributed by atoms with Crippen LogP contribution in [0.2, 0.25) is 0 Å². The highest BCUT2D eigenvalue weighted by Crippen LogP contribution is 2.63. The van der Waals surface area contributed by atoms with Crippen LogP contribution in [0.3, 0.4) is 0 Å². The summed E-state index contributed by atoms with van der Waals surface area (Å²) in [5.74, 6) is 0. The van der Waals surface area contributed by atoms with Crippen molar-refractivity contribution in [1.82, 2.24) is 0 Å². The third-order valence-corrected chi connectivity index (χ3v) is 28.0. The van der Waals surface area contributed by atoms with E-state index in [-0.39, 0.29) is 10.8 Å². The molecule has 134 heavy (non-hydrogen) atoms. The maximum atomic E-state index is 2.42. The lowest BCUT2D eigenvalue weighted by atomic mass is 9.70. The van der Waals surface area contributed by atoms with Crippen LogP contribution in [-0.2, 0) is 22.7 Å². The first kappa shape index (κ1) is 91.3. The molecule has 0 aliphatic heterocycles. The van der Waals surface area contributed by atoms with Gasteiger partial charge in [-0.05, 0) is 263 Å². The number of rotatable bonds is 0. The number of hydrogen-bond acceptors (Lipinski definition) is 0. The van der Waals surface area contributed by atoms with Gasteiger partial charge in [-0.3, -0.25) is 0 Å². The average Bonchev–Trinajstić information content (AvgIpc) is 1.50. The van der Waals surface area contributed by atoms with E-state index < -0.39 is 0 Å². The van der Waals surface area contributed by atoms with Gasteiger partial charge in [0.25, 0.3) is 0 Å². The second-order valence-corrected chi connectivity index (χ2v) is 34.5. The van der Waals surface area contributed by atoms with Crippen LogP contribution in [-0.4, -0.2) is 0 Å². The topological polar surface area (TPSA) is 0 Å². The van der Waals surface area contributed by atoms with Gasteiger partial charge in [-0.2, -0.15) is 0 Å². The zero-order chi connectivity index (χ0) is 93.0. The molecule has 6 aliphatic rings. The average molecular weight is 1730 g/mol. The zero-order valence-electron chi connectivity index (χ0n) is 80.6. The van der Waals surface area contributed by atoms with Crippen molar-refractivity contribution in [3.8, 4) is 55.6 Å². The van der Waals surface area contributed by atoms with Crippen molar-refractivity contribution >= 4 is 108 Å². The predicted octanol–water partition coefficient (Wildman–Crippen LogP) is 38.9. The van der Waals surface area contributed by atoms with E-state index in [0.29, 0.717) is 5.41 Å². The van der Waals surface area contributed by atoms with E-state index in [1.807, 2.05) is 83.1 Å². The first-order valence-corrected chi connectivity index (χ1v) is 49.5. The monoisotopic (exact) mass is 1730 g/mol. The molecule has 2 spiro atoms.